The SMILES string of the molecule is Cc1nnc(COc2ccc(I)cc2)o1. The molecule has 0 unspecified atom stereocenters. The van der Waals surface area contributed by atoms with Crippen LogP contribution in [0.5, 0.6) is 5.75 Å². The molecule has 0 saturated heterocycles. The minimum atomic E-state index is 0.307. The molecular formula is C10H9IN2O2. The van der Waals surface area contributed by atoms with Gasteiger partial charge in [-0.05, 0) is 46.9 Å². The van der Waals surface area contributed by atoms with Crippen molar-refractivity contribution >= 4 is 22.6 Å². The highest BCUT2D eigenvalue weighted by Crippen LogP contribution is 2.14. The van der Waals surface area contributed by atoms with E-state index in [4.69, 9.17) is 9.15 Å². The summed E-state index contributed by atoms with van der Waals surface area (Å²) in [4.78, 5) is 0. The Bertz CT molecular complexity index is 439. The topological polar surface area (TPSA) is 48.2 Å². The number of rotatable bonds is 3. The number of nitrogens with zero attached hydrogens (tertiary/aromatic N) is 2. The van der Waals surface area contributed by atoms with Crippen LogP contribution in [-0.4, -0.2) is 10.2 Å². The van der Waals surface area contributed by atoms with Gasteiger partial charge < -0.3 is 9.15 Å². The molecule has 0 aliphatic heterocycles. The highest BCUT2D eigenvalue weighted by molar-refractivity contribution is 14.1. The van der Waals surface area contributed by atoms with Gasteiger partial charge in [-0.3, -0.25) is 0 Å². The van der Waals surface area contributed by atoms with Crippen LogP contribution in [0.2, 0.25) is 0 Å². The van der Waals surface area contributed by atoms with Crippen LogP contribution in [0.15, 0.2) is 28.7 Å². The lowest BCUT2D eigenvalue weighted by molar-refractivity contribution is 0.260. The monoisotopic (exact) mass is 316 g/mol. The third-order valence-electron chi connectivity index (χ3n) is 1.74. The van der Waals surface area contributed by atoms with Gasteiger partial charge in [-0.1, -0.05) is 0 Å². The number of aromatic nitrogens is 2. The number of halogens is 1. The van der Waals surface area contributed by atoms with Crippen LogP contribution in [0.25, 0.3) is 0 Å². The van der Waals surface area contributed by atoms with Crippen molar-refractivity contribution in [2.24, 2.45) is 0 Å². The van der Waals surface area contributed by atoms with E-state index < -0.39 is 0 Å². The lowest BCUT2D eigenvalue weighted by atomic mass is 10.3. The van der Waals surface area contributed by atoms with Gasteiger partial charge in [0.15, 0.2) is 6.61 Å². The first-order valence-corrected chi connectivity index (χ1v) is 5.49. The summed E-state index contributed by atoms with van der Waals surface area (Å²) in [6, 6.07) is 7.78. The van der Waals surface area contributed by atoms with E-state index in [0.29, 0.717) is 18.4 Å². The Labute approximate surface area is 101 Å². The zero-order chi connectivity index (χ0) is 10.7. The Kier molecular flexibility index (Phi) is 3.20. The Morgan fingerprint density at radius 3 is 2.60 bits per heavy atom. The molecule has 2 aromatic rings. The van der Waals surface area contributed by atoms with E-state index in [1.807, 2.05) is 24.3 Å². The highest BCUT2D eigenvalue weighted by Gasteiger charge is 2.02. The number of aryl methyl sites for hydroxylation is 1. The van der Waals surface area contributed by atoms with Crippen molar-refractivity contribution in [2.75, 3.05) is 0 Å². The maximum Gasteiger partial charge on any atom is 0.253 e. The Morgan fingerprint density at radius 1 is 1.27 bits per heavy atom. The molecule has 0 aliphatic carbocycles. The second-order valence-electron chi connectivity index (χ2n) is 2.96. The quantitative estimate of drug-likeness (QED) is 0.817. The van der Waals surface area contributed by atoms with Crippen molar-refractivity contribution < 1.29 is 9.15 Å². The normalized spacial score (nSPS) is 10.3. The molecule has 0 bridgehead atoms. The molecule has 1 heterocycles. The van der Waals surface area contributed by atoms with Crippen molar-refractivity contribution in [1.82, 2.24) is 10.2 Å². The molecule has 0 spiro atoms. The number of hydrogen-bond acceptors (Lipinski definition) is 4. The van der Waals surface area contributed by atoms with Gasteiger partial charge >= 0.3 is 0 Å². The van der Waals surface area contributed by atoms with Crippen LogP contribution in [0.1, 0.15) is 11.8 Å². The summed E-state index contributed by atoms with van der Waals surface area (Å²) >= 11 is 2.24. The average molecular weight is 316 g/mol. The molecule has 1 aromatic carbocycles. The van der Waals surface area contributed by atoms with E-state index in [1.165, 1.54) is 3.57 Å². The molecule has 2 rings (SSSR count). The number of hydrogen-bond donors (Lipinski definition) is 0. The van der Waals surface area contributed by atoms with Crippen molar-refractivity contribution in [3.63, 3.8) is 0 Å². The van der Waals surface area contributed by atoms with Crippen molar-refractivity contribution in [2.45, 2.75) is 13.5 Å². The van der Waals surface area contributed by atoms with Crippen molar-refractivity contribution in [3.8, 4) is 5.75 Å². The van der Waals surface area contributed by atoms with Crippen LogP contribution in [0, 0.1) is 10.5 Å². The van der Waals surface area contributed by atoms with Crippen LogP contribution in [0.3, 0.4) is 0 Å². The fraction of sp³-hybridized carbons (Fsp3) is 0.200. The molecule has 4 nitrogen and oxygen atoms in total. The van der Waals surface area contributed by atoms with E-state index >= 15 is 0 Å². The van der Waals surface area contributed by atoms with Gasteiger partial charge in [0.25, 0.3) is 5.89 Å². The van der Waals surface area contributed by atoms with E-state index in [9.17, 15) is 0 Å². The maximum atomic E-state index is 5.46. The molecular weight excluding hydrogens is 307 g/mol. The molecule has 1 aromatic heterocycles. The zero-order valence-corrected chi connectivity index (χ0v) is 10.3. The summed E-state index contributed by atoms with van der Waals surface area (Å²) < 4.78 is 11.8. The number of ether oxygens (including phenoxy) is 1. The van der Waals surface area contributed by atoms with E-state index in [-0.39, 0.29) is 0 Å². The van der Waals surface area contributed by atoms with Gasteiger partial charge in [-0.25, -0.2) is 0 Å². The molecule has 5 heteroatoms. The van der Waals surface area contributed by atoms with Gasteiger partial charge in [0, 0.05) is 10.5 Å². The first-order chi connectivity index (χ1) is 7.24. The van der Waals surface area contributed by atoms with Gasteiger partial charge in [-0.15, -0.1) is 10.2 Å². The number of benzene rings is 1. The zero-order valence-electron chi connectivity index (χ0n) is 8.11. The van der Waals surface area contributed by atoms with Gasteiger partial charge in [0.1, 0.15) is 5.75 Å². The largest absolute Gasteiger partial charge is 0.484 e. The molecule has 15 heavy (non-hydrogen) atoms. The summed E-state index contributed by atoms with van der Waals surface area (Å²) in [6.07, 6.45) is 0. The maximum absolute atomic E-state index is 5.46. The Balaban J connectivity index is 1.96. The van der Waals surface area contributed by atoms with E-state index in [0.717, 1.165) is 5.75 Å². The lowest BCUT2D eigenvalue weighted by Gasteiger charge is -2.02. The summed E-state index contributed by atoms with van der Waals surface area (Å²) in [5.41, 5.74) is 0. The Hall–Kier alpha value is -1.11. The highest BCUT2D eigenvalue weighted by atomic mass is 127. The second kappa shape index (κ2) is 4.61. The van der Waals surface area contributed by atoms with Gasteiger partial charge in [0.2, 0.25) is 5.89 Å². The molecule has 78 valence electrons. The van der Waals surface area contributed by atoms with Crippen LogP contribution in [-0.2, 0) is 6.61 Å². The summed E-state index contributed by atoms with van der Waals surface area (Å²) in [6.45, 7) is 2.06. The third-order valence-corrected chi connectivity index (χ3v) is 2.46. The molecule has 0 atom stereocenters. The summed E-state index contributed by atoms with van der Waals surface area (Å²) in [5.74, 6) is 1.84. The van der Waals surface area contributed by atoms with Gasteiger partial charge in [-0.2, -0.15) is 0 Å². The van der Waals surface area contributed by atoms with Crippen LogP contribution >= 0.6 is 22.6 Å². The van der Waals surface area contributed by atoms with Crippen LogP contribution in [0.4, 0.5) is 0 Å². The third kappa shape index (κ3) is 2.92. The van der Waals surface area contributed by atoms with Crippen molar-refractivity contribution in [3.05, 3.63) is 39.6 Å². The molecule has 0 aliphatic rings. The molecule has 0 saturated carbocycles. The fourth-order valence-electron chi connectivity index (χ4n) is 1.07. The van der Waals surface area contributed by atoms with E-state index in [2.05, 4.69) is 32.8 Å². The smallest absolute Gasteiger partial charge is 0.253 e. The Morgan fingerprint density at radius 2 is 2.00 bits per heavy atom. The predicted octanol–water partition coefficient (Wildman–Crippen LogP) is 2.56. The first-order valence-electron chi connectivity index (χ1n) is 4.41. The van der Waals surface area contributed by atoms with Gasteiger partial charge in [0.05, 0.1) is 0 Å². The van der Waals surface area contributed by atoms with Crippen molar-refractivity contribution in [1.29, 1.82) is 0 Å². The first kappa shape index (κ1) is 10.4. The fourth-order valence-corrected chi connectivity index (χ4v) is 1.43. The standard InChI is InChI=1S/C10H9IN2O2/c1-7-12-13-10(15-7)6-14-9-4-2-8(11)3-5-9/h2-5H,6H2,1H3. The molecule has 0 N–H and O–H groups in total. The minimum Gasteiger partial charge on any atom is -0.484 e. The van der Waals surface area contributed by atoms with E-state index in [1.54, 1.807) is 6.92 Å². The molecule has 0 fully saturated rings. The lowest BCUT2D eigenvalue weighted by Crippen LogP contribution is -1.95. The second-order valence-corrected chi connectivity index (χ2v) is 4.20. The summed E-state index contributed by atoms with van der Waals surface area (Å²) in [7, 11) is 0. The molecule has 0 amide bonds. The van der Waals surface area contributed by atoms with Crippen LogP contribution < -0.4 is 4.74 Å². The molecule has 0 radical (unpaired) electrons. The predicted molar refractivity (Wildman–Crippen MR) is 62.5 cm³/mol. The summed E-state index contributed by atoms with van der Waals surface area (Å²) in [5, 5.41) is 7.55. The minimum absolute atomic E-state index is 0.307. The average Bonchev–Trinajstić information content (AvgIpc) is 2.64.